The number of halogens is 1. The Morgan fingerprint density at radius 1 is 0.962 bits per heavy atom. The highest BCUT2D eigenvalue weighted by Crippen LogP contribution is 2.50. The number of piperazine rings is 1. The van der Waals surface area contributed by atoms with Crippen LogP contribution in [0.3, 0.4) is 0 Å². The van der Waals surface area contributed by atoms with Gasteiger partial charge in [-0.3, -0.25) is 14.5 Å². The van der Waals surface area contributed by atoms with E-state index >= 15 is 0 Å². The Balaban J connectivity index is 1.25. The first-order valence-corrected chi connectivity index (χ1v) is 10.0. The second-order valence-electron chi connectivity index (χ2n) is 7.66. The van der Waals surface area contributed by atoms with E-state index in [-0.39, 0.29) is 23.7 Å². The molecule has 3 fully saturated rings. The second kappa shape index (κ2) is 7.57. The molecule has 2 unspecified atom stereocenters. The average Bonchev–Trinajstić information content (AvgIpc) is 3.24. The van der Waals surface area contributed by atoms with Gasteiger partial charge in [0.25, 0.3) is 0 Å². The van der Waals surface area contributed by atoms with E-state index in [0.29, 0.717) is 6.54 Å². The molecule has 0 bridgehead atoms. The summed E-state index contributed by atoms with van der Waals surface area (Å²) in [4.78, 5) is 31.2. The van der Waals surface area contributed by atoms with Crippen LogP contribution in [0.5, 0.6) is 0 Å². The molecule has 2 saturated heterocycles. The molecule has 0 N–H and O–H groups in total. The minimum atomic E-state index is 0.0766. The molecule has 3 aliphatic rings. The SMILES string of the molecule is O=C(CN1CCN(C(=O)C2CC2c2ccccc2Cl)CC1)N1CCCC1. The van der Waals surface area contributed by atoms with Crippen LogP contribution in [0.15, 0.2) is 24.3 Å². The molecular weight excluding hydrogens is 350 g/mol. The summed E-state index contributed by atoms with van der Waals surface area (Å²) in [6.45, 7) is 5.32. The van der Waals surface area contributed by atoms with E-state index in [1.54, 1.807) is 0 Å². The average molecular weight is 376 g/mol. The van der Waals surface area contributed by atoms with E-state index in [9.17, 15) is 9.59 Å². The van der Waals surface area contributed by atoms with Crippen LogP contribution in [0.2, 0.25) is 5.02 Å². The molecule has 1 saturated carbocycles. The summed E-state index contributed by atoms with van der Waals surface area (Å²) in [6.07, 6.45) is 3.15. The van der Waals surface area contributed by atoms with Gasteiger partial charge in [-0.1, -0.05) is 29.8 Å². The van der Waals surface area contributed by atoms with E-state index < -0.39 is 0 Å². The number of benzene rings is 1. The van der Waals surface area contributed by atoms with Gasteiger partial charge in [0.2, 0.25) is 11.8 Å². The highest BCUT2D eigenvalue weighted by Gasteiger charge is 2.46. The minimum Gasteiger partial charge on any atom is -0.342 e. The van der Waals surface area contributed by atoms with Crippen molar-refractivity contribution < 1.29 is 9.59 Å². The molecule has 140 valence electrons. The maximum absolute atomic E-state index is 12.8. The molecule has 5 nitrogen and oxygen atoms in total. The Kier molecular flexibility index (Phi) is 5.18. The van der Waals surface area contributed by atoms with Crippen molar-refractivity contribution in [3.05, 3.63) is 34.9 Å². The summed E-state index contributed by atoms with van der Waals surface area (Å²) in [5, 5.41) is 0.762. The largest absolute Gasteiger partial charge is 0.342 e. The Bertz CT molecular complexity index is 681. The topological polar surface area (TPSA) is 43.9 Å². The van der Waals surface area contributed by atoms with Crippen LogP contribution in [0.1, 0.15) is 30.7 Å². The molecule has 26 heavy (non-hydrogen) atoms. The third-order valence-electron chi connectivity index (χ3n) is 5.91. The third kappa shape index (κ3) is 3.74. The lowest BCUT2D eigenvalue weighted by atomic mass is 10.1. The van der Waals surface area contributed by atoms with Gasteiger partial charge in [-0.25, -0.2) is 0 Å². The predicted molar refractivity (Wildman–Crippen MR) is 101 cm³/mol. The Hall–Kier alpha value is -1.59. The van der Waals surface area contributed by atoms with E-state index in [1.807, 2.05) is 34.1 Å². The van der Waals surface area contributed by atoms with Crippen molar-refractivity contribution >= 4 is 23.4 Å². The van der Waals surface area contributed by atoms with Gasteiger partial charge in [0.15, 0.2) is 0 Å². The molecule has 2 amide bonds. The van der Waals surface area contributed by atoms with Gasteiger partial charge in [0, 0.05) is 50.2 Å². The molecule has 6 heteroatoms. The van der Waals surface area contributed by atoms with E-state index in [4.69, 9.17) is 11.6 Å². The number of hydrogen-bond donors (Lipinski definition) is 0. The van der Waals surface area contributed by atoms with Crippen molar-refractivity contribution in [1.82, 2.24) is 14.7 Å². The number of rotatable bonds is 4. The molecule has 2 heterocycles. The second-order valence-corrected chi connectivity index (χ2v) is 8.07. The summed E-state index contributed by atoms with van der Waals surface area (Å²) < 4.78 is 0. The molecule has 0 spiro atoms. The van der Waals surface area contributed by atoms with Gasteiger partial charge < -0.3 is 9.80 Å². The lowest BCUT2D eigenvalue weighted by molar-refractivity contribution is -0.135. The number of hydrogen-bond acceptors (Lipinski definition) is 3. The molecule has 0 radical (unpaired) electrons. The van der Waals surface area contributed by atoms with Crippen LogP contribution in [0.4, 0.5) is 0 Å². The van der Waals surface area contributed by atoms with Gasteiger partial charge in [0.05, 0.1) is 6.54 Å². The van der Waals surface area contributed by atoms with Gasteiger partial charge >= 0.3 is 0 Å². The zero-order valence-electron chi connectivity index (χ0n) is 15.1. The van der Waals surface area contributed by atoms with Crippen molar-refractivity contribution in [2.45, 2.75) is 25.2 Å². The van der Waals surface area contributed by atoms with Crippen molar-refractivity contribution in [2.24, 2.45) is 5.92 Å². The number of nitrogens with zero attached hydrogens (tertiary/aromatic N) is 3. The first-order valence-electron chi connectivity index (χ1n) is 9.67. The molecule has 1 aliphatic carbocycles. The highest BCUT2D eigenvalue weighted by molar-refractivity contribution is 6.31. The fourth-order valence-electron chi connectivity index (χ4n) is 4.21. The first kappa shape index (κ1) is 17.8. The summed E-state index contributed by atoms with van der Waals surface area (Å²) in [5.41, 5.74) is 1.10. The van der Waals surface area contributed by atoms with Crippen LogP contribution < -0.4 is 0 Å². The highest BCUT2D eigenvalue weighted by atomic mass is 35.5. The Morgan fingerprint density at radius 3 is 2.35 bits per heavy atom. The molecular formula is C20H26ClN3O2. The number of likely N-dealkylation sites (tertiary alicyclic amines) is 1. The Labute approximate surface area is 159 Å². The monoisotopic (exact) mass is 375 g/mol. The molecule has 2 aliphatic heterocycles. The van der Waals surface area contributed by atoms with Crippen LogP contribution in [-0.4, -0.2) is 72.3 Å². The first-order chi connectivity index (χ1) is 12.6. The maximum atomic E-state index is 12.8. The standard InChI is InChI=1S/C20H26ClN3O2/c21-18-6-2-1-5-15(18)16-13-17(16)20(26)24-11-9-22(10-12-24)14-19(25)23-7-3-4-8-23/h1-2,5-6,16-17H,3-4,7-14H2. The van der Waals surface area contributed by atoms with Gasteiger partial charge in [-0.2, -0.15) is 0 Å². The fourth-order valence-corrected chi connectivity index (χ4v) is 4.48. The minimum absolute atomic E-state index is 0.0766. The normalized spacial score (nSPS) is 26.2. The van der Waals surface area contributed by atoms with Crippen molar-refractivity contribution in [3.63, 3.8) is 0 Å². The zero-order valence-corrected chi connectivity index (χ0v) is 15.8. The zero-order chi connectivity index (χ0) is 18.1. The van der Waals surface area contributed by atoms with E-state index in [2.05, 4.69) is 4.90 Å². The molecule has 2 atom stereocenters. The molecule has 4 rings (SSSR count). The lowest BCUT2D eigenvalue weighted by Gasteiger charge is -2.35. The maximum Gasteiger partial charge on any atom is 0.236 e. The van der Waals surface area contributed by atoms with Crippen LogP contribution >= 0.6 is 11.6 Å². The Morgan fingerprint density at radius 2 is 1.65 bits per heavy atom. The summed E-state index contributed by atoms with van der Waals surface area (Å²) in [5.74, 6) is 0.836. The summed E-state index contributed by atoms with van der Waals surface area (Å²) >= 11 is 6.27. The number of carbonyl (C=O) groups is 2. The van der Waals surface area contributed by atoms with Crippen LogP contribution in [0.25, 0.3) is 0 Å². The molecule has 1 aromatic carbocycles. The summed E-state index contributed by atoms with van der Waals surface area (Å²) in [7, 11) is 0. The molecule has 0 aromatic heterocycles. The summed E-state index contributed by atoms with van der Waals surface area (Å²) in [6, 6.07) is 7.83. The van der Waals surface area contributed by atoms with Gasteiger partial charge in [0.1, 0.15) is 0 Å². The van der Waals surface area contributed by atoms with Gasteiger partial charge in [-0.05, 0) is 36.8 Å². The van der Waals surface area contributed by atoms with Crippen molar-refractivity contribution in [2.75, 3.05) is 45.8 Å². The van der Waals surface area contributed by atoms with E-state index in [1.165, 1.54) is 0 Å². The van der Waals surface area contributed by atoms with Crippen LogP contribution in [-0.2, 0) is 9.59 Å². The lowest BCUT2D eigenvalue weighted by Crippen LogP contribution is -2.51. The quantitative estimate of drug-likeness (QED) is 0.810. The van der Waals surface area contributed by atoms with E-state index in [0.717, 1.165) is 69.1 Å². The van der Waals surface area contributed by atoms with Gasteiger partial charge in [-0.15, -0.1) is 0 Å². The predicted octanol–water partition coefficient (Wildman–Crippen LogP) is 2.21. The van der Waals surface area contributed by atoms with Crippen LogP contribution in [0, 0.1) is 5.92 Å². The number of amides is 2. The third-order valence-corrected chi connectivity index (χ3v) is 6.26. The fraction of sp³-hybridized carbons (Fsp3) is 0.600. The molecule has 1 aromatic rings. The van der Waals surface area contributed by atoms with Crippen molar-refractivity contribution in [1.29, 1.82) is 0 Å². The smallest absolute Gasteiger partial charge is 0.236 e. The van der Waals surface area contributed by atoms with Crippen molar-refractivity contribution in [3.8, 4) is 0 Å². The number of carbonyl (C=O) groups excluding carboxylic acids is 2.